The minimum absolute atomic E-state index is 0.0200. The van der Waals surface area contributed by atoms with Gasteiger partial charge < -0.3 is 5.73 Å². The van der Waals surface area contributed by atoms with E-state index in [1.807, 2.05) is 13.8 Å². The standard InChI is InChI=1S/C10H17F2N3/c1-6(13)4-9-7(2)14-15(8(9)3)5-10(11)12/h6,10H,4-5,13H2,1-3H3. The van der Waals surface area contributed by atoms with Crippen LogP contribution in [0.25, 0.3) is 0 Å². The molecule has 1 heterocycles. The van der Waals surface area contributed by atoms with E-state index >= 15 is 0 Å². The lowest BCUT2D eigenvalue weighted by Crippen LogP contribution is -2.18. The molecule has 5 heteroatoms. The molecule has 1 aromatic heterocycles. The summed E-state index contributed by atoms with van der Waals surface area (Å²) in [7, 11) is 0. The van der Waals surface area contributed by atoms with E-state index in [4.69, 9.17) is 5.73 Å². The smallest absolute Gasteiger partial charge is 0.257 e. The first-order valence-electron chi connectivity index (χ1n) is 4.98. The van der Waals surface area contributed by atoms with Gasteiger partial charge in [0.05, 0.1) is 5.69 Å². The highest BCUT2D eigenvalue weighted by Gasteiger charge is 2.15. The molecule has 1 aromatic rings. The third-order valence-corrected chi connectivity index (χ3v) is 2.37. The van der Waals surface area contributed by atoms with Gasteiger partial charge in [0.2, 0.25) is 0 Å². The van der Waals surface area contributed by atoms with Crippen LogP contribution in [0.3, 0.4) is 0 Å². The molecule has 15 heavy (non-hydrogen) atoms. The quantitative estimate of drug-likeness (QED) is 0.833. The molecule has 0 spiro atoms. The summed E-state index contributed by atoms with van der Waals surface area (Å²) in [5.74, 6) is 0. The Bertz CT molecular complexity index is 332. The highest BCUT2D eigenvalue weighted by atomic mass is 19.3. The van der Waals surface area contributed by atoms with Gasteiger partial charge in [0.25, 0.3) is 6.43 Å². The van der Waals surface area contributed by atoms with E-state index < -0.39 is 6.43 Å². The third kappa shape index (κ3) is 2.99. The molecule has 0 saturated heterocycles. The maximum Gasteiger partial charge on any atom is 0.257 e. The van der Waals surface area contributed by atoms with Crippen molar-refractivity contribution in [3.8, 4) is 0 Å². The molecular formula is C10H17F2N3. The van der Waals surface area contributed by atoms with Crippen LogP contribution in [0.2, 0.25) is 0 Å². The molecule has 0 fully saturated rings. The van der Waals surface area contributed by atoms with Gasteiger partial charge in [-0.2, -0.15) is 5.10 Å². The van der Waals surface area contributed by atoms with Crippen molar-refractivity contribution in [1.82, 2.24) is 9.78 Å². The summed E-state index contributed by atoms with van der Waals surface area (Å²) in [6, 6.07) is 0.0200. The molecule has 2 N–H and O–H groups in total. The Morgan fingerprint density at radius 2 is 2.00 bits per heavy atom. The van der Waals surface area contributed by atoms with Crippen molar-refractivity contribution in [3.05, 3.63) is 17.0 Å². The lowest BCUT2D eigenvalue weighted by Gasteiger charge is -2.06. The molecule has 0 bridgehead atoms. The average Bonchev–Trinajstić information content (AvgIpc) is 2.31. The Hall–Kier alpha value is -0.970. The number of hydrogen-bond acceptors (Lipinski definition) is 2. The molecule has 3 nitrogen and oxygen atoms in total. The molecule has 0 aliphatic heterocycles. The fraction of sp³-hybridized carbons (Fsp3) is 0.700. The second kappa shape index (κ2) is 4.70. The number of aryl methyl sites for hydroxylation is 1. The van der Waals surface area contributed by atoms with Gasteiger partial charge in [-0.05, 0) is 32.8 Å². The summed E-state index contributed by atoms with van der Waals surface area (Å²) in [6.45, 7) is 5.18. The molecule has 0 aromatic carbocycles. The number of hydrogen-bond donors (Lipinski definition) is 1. The van der Waals surface area contributed by atoms with Gasteiger partial charge in [0, 0.05) is 11.7 Å². The molecule has 1 rings (SSSR count). The molecule has 0 aliphatic rings. The Labute approximate surface area is 88.3 Å². The van der Waals surface area contributed by atoms with Crippen LogP contribution in [0, 0.1) is 13.8 Å². The fourth-order valence-corrected chi connectivity index (χ4v) is 1.66. The first-order valence-corrected chi connectivity index (χ1v) is 4.98. The van der Waals surface area contributed by atoms with E-state index in [1.165, 1.54) is 4.68 Å². The van der Waals surface area contributed by atoms with Crippen molar-refractivity contribution >= 4 is 0 Å². The van der Waals surface area contributed by atoms with E-state index in [2.05, 4.69) is 5.10 Å². The molecule has 0 amide bonds. The van der Waals surface area contributed by atoms with Crippen molar-refractivity contribution in [2.45, 2.75) is 46.2 Å². The van der Waals surface area contributed by atoms with Crippen LogP contribution in [-0.4, -0.2) is 22.2 Å². The lowest BCUT2D eigenvalue weighted by atomic mass is 10.1. The number of rotatable bonds is 4. The summed E-state index contributed by atoms with van der Waals surface area (Å²) in [6.07, 6.45) is -1.69. The number of nitrogens with two attached hydrogens (primary N) is 1. The van der Waals surface area contributed by atoms with E-state index in [0.29, 0.717) is 6.42 Å². The third-order valence-electron chi connectivity index (χ3n) is 2.37. The zero-order valence-corrected chi connectivity index (χ0v) is 9.30. The number of nitrogens with zero attached hydrogens (tertiary/aromatic N) is 2. The van der Waals surface area contributed by atoms with E-state index in [-0.39, 0.29) is 12.6 Å². The van der Waals surface area contributed by atoms with E-state index in [0.717, 1.165) is 17.0 Å². The highest BCUT2D eigenvalue weighted by molar-refractivity contribution is 5.25. The van der Waals surface area contributed by atoms with E-state index in [1.54, 1.807) is 6.92 Å². The van der Waals surface area contributed by atoms with Gasteiger partial charge in [0.1, 0.15) is 6.54 Å². The Balaban J connectivity index is 2.93. The van der Waals surface area contributed by atoms with Crippen molar-refractivity contribution < 1.29 is 8.78 Å². The number of halogens is 2. The summed E-state index contributed by atoms with van der Waals surface area (Å²) in [5, 5.41) is 4.08. The molecule has 86 valence electrons. The Morgan fingerprint density at radius 3 is 2.47 bits per heavy atom. The maximum absolute atomic E-state index is 12.2. The van der Waals surface area contributed by atoms with Crippen LogP contribution in [0.15, 0.2) is 0 Å². The van der Waals surface area contributed by atoms with Crippen molar-refractivity contribution in [1.29, 1.82) is 0 Å². The monoisotopic (exact) mass is 217 g/mol. The van der Waals surface area contributed by atoms with Gasteiger partial charge in [-0.3, -0.25) is 4.68 Å². The van der Waals surface area contributed by atoms with Gasteiger partial charge >= 0.3 is 0 Å². The maximum atomic E-state index is 12.2. The largest absolute Gasteiger partial charge is 0.328 e. The molecule has 1 atom stereocenters. The van der Waals surface area contributed by atoms with Crippen molar-refractivity contribution in [3.63, 3.8) is 0 Å². The first-order chi connectivity index (χ1) is 6.91. The van der Waals surface area contributed by atoms with Crippen LogP contribution < -0.4 is 5.73 Å². The molecule has 1 unspecified atom stereocenters. The van der Waals surface area contributed by atoms with Crippen LogP contribution >= 0.6 is 0 Å². The molecule has 0 radical (unpaired) electrons. The highest BCUT2D eigenvalue weighted by Crippen LogP contribution is 2.15. The zero-order chi connectivity index (χ0) is 11.6. The summed E-state index contributed by atoms with van der Waals surface area (Å²) in [4.78, 5) is 0. The minimum atomic E-state index is -2.37. The number of alkyl halides is 2. The van der Waals surface area contributed by atoms with Gasteiger partial charge in [-0.15, -0.1) is 0 Å². The van der Waals surface area contributed by atoms with Crippen molar-refractivity contribution in [2.75, 3.05) is 0 Å². The summed E-state index contributed by atoms with van der Waals surface area (Å²) >= 11 is 0. The zero-order valence-electron chi connectivity index (χ0n) is 9.30. The minimum Gasteiger partial charge on any atom is -0.328 e. The van der Waals surface area contributed by atoms with Crippen LogP contribution in [0.1, 0.15) is 23.9 Å². The van der Waals surface area contributed by atoms with E-state index in [9.17, 15) is 8.78 Å². The number of aromatic nitrogens is 2. The topological polar surface area (TPSA) is 43.8 Å². The SMILES string of the molecule is Cc1nn(CC(F)F)c(C)c1CC(C)N. The molecular weight excluding hydrogens is 200 g/mol. The predicted octanol–water partition coefficient (Wildman–Crippen LogP) is 1.65. The second-order valence-electron chi connectivity index (χ2n) is 3.90. The summed E-state index contributed by atoms with van der Waals surface area (Å²) < 4.78 is 25.8. The summed E-state index contributed by atoms with van der Waals surface area (Å²) in [5.41, 5.74) is 8.27. The average molecular weight is 217 g/mol. The lowest BCUT2D eigenvalue weighted by molar-refractivity contribution is 0.121. The van der Waals surface area contributed by atoms with Gasteiger partial charge in [-0.1, -0.05) is 0 Å². The van der Waals surface area contributed by atoms with Gasteiger partial charge in [-0.25, -0.2) is 8.78 Å². The normalized spacial score (nSPS) is 13.5. The van der Waals surface area contributed by atoms with Gasteiger partial charge in [0.15, 0.2) is 0 Å². The first kappa shape index (κ1) is 12.1. The van der Waals surface area contributed by atoms with Crippen LogP contribution in [-0.2, 0) is 13.0 Å². The van der Waals surface area contributed by atoms with Crippen LogP contribution in [0.4, 0.5) is 8.78 Å². The predicted molar refractivity (Wildman–Crippen MR) is 55.1 cm³/mol. The second-order valence-corrected chi connectivity index (χ2v) is 3.90. The van der Waals surface area contributed by atoms with Crippen molar-refractivity contribution in [2.24, 2.45) is 5.73 Å². The Morgan fingerprint density at radius 1 is 1.40 bits per heavy atom. The molecule has 0 aliphatic carbocycles. The molecule has 0 saturated carbocycles. The Kier molecular flexibility index (Phi) is 3.79. The van der Waals surface area contributed by atoms with Crippen LogP contribution in [0.5, 0.6) is 0 Å². The fourth-order valence-electron chi connectivity index (χ4n) is 1.66.